The van der Waals surface area contributed by atoms with E-state index in [9.17, 15) is 4.79 Å². The molecule has 0 aromatic carbocycles. The van der Waals surface area contributed by atoms with E-state index in [1.54, 1.807) is 0 Å². The molecule has 1 amide bonds. The Morgan fingerprint density at radius 3 is 2.83 bits per heavy atom. The lowest BCUT2D eigenvalue weighted by Gasteiger charge is -2.36. The van der Waals surface area contributed by atoms with E-state index in [4.69, 9.17) is 0 Å². The molecule has 1 saturated heterocycles. The number of amides is 1. The number of nitrogens with zero attached hydrogens (tertiary/aromatic N) is 3. The number of thiophene rings is 1. The van der Waals surface area contributed by atoms with Crippen molar-refractivity contribution < 1.29 is 4.79 Å². The molecule has 5 heteroatoms. The zero-order valence-corrected chi connectivity index (χ0v) is 14.9. The fourth-order valence-corrected chi connectivity index (χ4v) is 4.64. The number of aromatic nitrogens is 1. The number of anilines is 1. The molecule has 4 nitrogen and oxygen atoms in total. The minimum atomic E-state index is 0.172. The van der Waals surface area contributed by atoms with Gasteiger partial charge in [-0.2, -0.15) is 0 Å². The van der Waals surface area contributed by atoms with Crippen LogP contribution in [0.5, 0.6) is 0 Å². The molecule has 0 unspecified atom stereocenters. The topological polar surface area (TPSA) is 36.4 Å². The summed E-state index contributed by atoms with van der Waals surface area (Å²) in [7, 11) is 0. The van der Waals surface area contributed by atoms with Gasteiger partial charge in [0.05, 0.1) is 0 Å². The van der Waals surface area contributed by atoms with Crippen LogP contribution in [0, 0.1) is 12.8 Å². The Balaban J connectivity index is 1.37. The molecule has 4 rings (SSSR count). The van der Waals surface area contributed by atoms with Gasteiger partial charge in [-0.25, -0.2) is 4.98 Å². The first-order valence-electron chi connectivity index (χ1n) is 8.73. The third kappa shape index (κ3) is 3.05. The number of fused-ring (bicyclic) bond motifs is 1. The van der Waals surface area contributed by atoms with Crippen LogP contribution in [0.25, 0.3) is 0 Å². The molecule has 2 aliphatic heterocycles. The number of hydrogen-bond donors (Lipinski definition) is 0. The summed E-state index contributed by atoms with van der Waals surface area (Å²) < 4.78 is 0. The highest BCUT2D eigenvalue weighted by atomic mass is 32.1. The van der Waals surface area contributed by atoms with Crippen molar-refractivity contribution in [1.82, 2.24) is 9.88 Å². The summed E-state index contributed by atoms with van der Waals surface area (Å²) in [4.78, 5) is 23.3. The number of aryl methyl sites for hydroxylation is 1. The van der Waals surface area contributed by atoms with E-state index in [-0.39, 0.29) is 5.92 Å². The molecule has 24 heavy (non-hydrogen) atoms. The van der Waals surface area contributed by atoms with E-state index in [1.807, 2.05) is 24.3 Å². The molecule has 0 spiro atoms. The molecule has 0 aliphatic carbocycles. The summed E-state index contributed by atoms with van der Waals surface area (Å²) in [5, 5.41) is 2.14. The standard InChI is InChI=1S/C19H23N3OS/c1-14-3-2-4-18(20-14)21-9-5-15(6-10-21)19(23)22-11-7-17-16(13-22)8-12-24-17/h2-4,8,12,15H,5-7,9-11,13H2,1H3. The van der Waals surface area contributed by atoms with Gasteiger partial charge in [-0.3, -0.25) is 4.79 Å². The molecule has 0 bridgehead atoms. The largest absolute Gasteiger partial charge is 0.357 e. The lowest BCUT2D eigenvalue weighted by Crippen LogP contribution is -2.44. The van der Waals surface area contributed by atoms with Crippen LogP contribution in [0.2, 0.25) is 0 Å². The van der Waals surface area contributed by atoms with E-state index in [0.29, 0.717) is 5.91 Å². The second-order valence-corrected chi connectivity index (χ2v) is 7.78. The van der Waals surface area contributed by atoms with Crippen LogP contribution in [-0.2, 0) is 17.8 Å². The van der Waals surface area contributed by atoms with Gasteiger partial charge in [0, 0.05) is 42.7 Å². The Morgan fingerprint density at radius 1 is 1.21 bits per heavy atom. The van der Waals surface area contributed by atoms with Gasteiger partial charge in [0.1, 0.15) is 5.82 Å². The van der Waals surface area contributed by atoms with Crippen molar-refractivity contribution in [2.24, 2.45) is 5.92 Å². The predicted molar refractivity (Wildman–Crippen MR) is 97.4 cm³/mol. The normalized spacial score (nSPS) is 18.5. The van der Waals surface area contributed by atoms with Gasteiger partial charge in [-0.15, -0.1) is 11.3 Å². The maximum atomic E-state index is 12.9. The van der Waals surface area contributed by atoms with Gasteiger partial charge < -0.3 is 9.80 Å². The fourth-order valence-electron chi connectivity index (χ4n) is 3.76. The Bertz CT molecular complexity index is 734. The van der Waals surface area contributed by atoms with Gasteiger partial charge >= 0.3 is 0 Å². The lowest BCUT2D eigenvalue weighted by molar-refractivity contribution is -0.137. The maximum absolute atomic E-state index is 12.9. The first-order chi connectivity index (χ1) is 11.7. The molecule has 0 radical (unpaired) electrons. The summed E-state index contributed by atoms with van der Waals surface area (Å²) in [6, 6.07) is 8.32. The summed E-state index contributed by atoms with van der Waals surface area (Å²) in [6.45, 7) is 5.55. The highest BCUT2D eigenvalue weighted by Crippen LogP contribution is 2.28. The van der Waals surface area contributed by atoms with E-state index in [1.165, 1.54) is 10.4 Å². The average molecular weight is 341 g/mol. The molecular formula is C19H23N3OS. The minimum Gasteiger partial charge on any atom is -0.357 e. The van der Waals surface area contributed by atoms with Crippen LogP contribution >= 0.6 is 11.3 Å². The molecule has 2 aliphatic rings. The van der Waals surface area contributed by atoms with Crippen molar-refractivity contribution >= 4 is 23.1 Å². The number of pyridine rings is 1. The number of carbonyl (C=O) groups is 1. The number of rotatable bonds is 2. The summed E-state index contributed by atoms with van der Waals surface area (Å²) in [5.41, 5.74) is 2.39. The summed E-state index contributed by atoms with van der Waals surface area (Å²) >= 11 is 1.82. The Labute approximate surface area is 147 Å². The highest BCUT2D eigenvalue weighted by Gasteiger charge is 2.30. The van der Waals surface area contributed by atoms with Gasteiger partial charge in [-0.05, 0) is 55.3 Å². The molecular weight excluding hydrogens is 318 g/mol. The van der Waals surface area contributed by atoms with E-state index < -0.39 is 0 Å². The molecule has 0 saturated carbocycles. The molecule has 2 aromatic rings. The lowest BCUT2D eigenvalue weighted by atomic mass is 9.94. The minimum absolute atomic E-state index is 0.172. The third-order valence-corrected chi connectivity index (χ3v) is 6.18. The predicted octanol–water partition coefficient (Wildman–Crippen LogP) is 3.25. The van der Waals surface area contributed by atoms with Gasteiger partial charge in [-0.1, -0.05) is 6.07 Å². The van der Waals surface area contributed by atoms with Crippen molar-refractivity contribution in [2.75, 3.05) is 24.5 Å². The van der Waals surface area contributed by atoms with Gasteiger partial charge in [0.25, 0.3) is 0 Å². The van der Waals surface area contributed by atoms with Crippen molar-refractivity contribution in [3.05, 3.63) is 45.8 Å². The number of hydrogen-bond acceptors (Lipinski definition) is 4. The zero-order chi connectivity index (χ0) is 16.5. The third-order valence-electron chi connectivity index (χ3n) is 5.16. The van der Waals surface area contributed by atoms with E-state index >= 15 is 0 Å². The highest BCUT2D eigenvalue weighted by molar-refractivity contribution is 7.10. The van der Waals surface area contributed by atoms with Crippen molar-refractivity contribution in [2.45, 2.75) is 32.7 Å². The maximum Gasteiger partial charge on any atom is 0.226 e. The van der Waals surface area contributed by atoms with Crippen LogP contribution < -0.4 is 4.90 Å². The van der Waals surface area contributed by atoms with E-state index in [0.717, 1.165) is 57.0 Å². The SMILES string of the molecule is Cc1cccc(N2CCC(C(=O)N3CCc4sccc4C3)CC2)n1. The second-order valence-electron chi connectivity index (χ2n) is 6.78. The quantitative estimate of drug-likeness (QED) is 0.841. The van der Waals surface area contributed by atoms with E-state index in [2.05, 4.69) is 38.4 Å². The molecule has 4 heterocycles. The molecule has 0 N–H and O–H groups in total. The van der Waals surface area contributed by atoms with Crippen molar-refractivity contribution in [3.8, 4) is 0 Å². The average Bonchev–Trinajstić information content (AvgIpc) is 3.09. The first kappa shape index (κ1) is 15.6. The Hall–Kier alpha value is -1.88. The van der Waals surface area contributed by atoms with Crippen LogP contribution in [0.1, 0.15) is 29.0 Å². The zero-order valence-electron chi connectivity index (χ0n) is 14.1. The summed E-state index contributed by atoms with van der Waals surface area (Å²) in [5.74, 6) is 1.57. The number of carbonyl (C=O) groups excluding carboxylic acids is 1. The van der Waals surface area contributed by atoms with Crippen molar-refractivity contribution in [3.63, 3.8) is 0 Å². The molecule has 126 valence electrons. The fraction of sp³-hybridized carbons (Fsp3) is 0.474. The summed E-state index contributed by atoms with van der Waals surface area (Å²) in [6.07, 6.45) is 2.88. The number of piperidine rings is 1. The smallest absolute Gasteiger partial charge is 0.226 e. The Kier molecular flexibility index (Phi) is 4.27. The van der Waals surface area contributed by atoms with Crippen LogP contribution in [0.15, 0.2) is 29.6 Å². The molecule has 0 atom stereocenters. The van der Waals surface area contributed by atoms with Gasteiger partial charge in [0.2, 0.25) is 5.91 Å². The van der Waals surface area contributed by atoms with Crippen LogP contribution in [0.4, 0.5) is 5.82 Å². The van der Waals surface area contributed by atoms with Gasteiger partial charge in [0.15, 0.2) is 0 Å². The molecule has 2 aromatic heterocycles. The first-order valence-corrected chi connectivity index (χ1v) is 9.61. The second kappa shape index (κ2) is 6.55. The van der Waals surface area contributed by atoms with Crippen molar-refractivity contribution in [1.29, 1.82) is 0 Å². The van der Waals surface area contributed by atoms with Crippen LogP contribution in [-0.4, -0.2) is 35.4 Å². The molecule has 1 fully saturated rings. The Morgan fingerprint density at radius 2 is 2.04 bits per heavy atom. The van der Waals surface area contributed by atoms with Crippen LogP contribution in [0.3, 0.4) is 0 Å². The monoisotopic (exact) mass is 341 g/mol.